The Labute approximate surface area is 275 Å². The van der Waals surface area contributed by atoms with Crippen molar-refractivity contribution in [2.24, 2.45) is 17.8 Å². The quantitative estimate of drug-likeness (QED) is 0.0896. The van der Waals surface area contributed by atoms with Crippen molar-refractivity contribution in [2.75, 3.05) is 13.2 Å². The first-order valence-electron chi connectivity index (χ1n) is 15.1. The molecule has 2 N–H and O–H groups in total. The molecule has 6 rings (SSSR count). The molecule has 0 aliphatic heterocycles. The van der Waals surface area contributed by atoms with E-state index in [9.17, 15) is 34.8 Å². The van der Waals surface area contributed by atoms with Gasteiger partial charge in [0.15, 0.2) is 6.61 Å². The number of halogens is 9. The number of hydrogen-bond donors (Lipinski definition) is 2. The Morgan fingerprint density at radius 3 is 1.59 bits per heavy atom. The molecule has 0 aromatic heterocycles. The monoisotopic (exact) mass is 730 g/mol. The minimum atomic E-state index is -6.17. The highest BCUT2D eigenvalue weighted by Crippen LogP contribution is 2.57. The van der Waals surface area contributed by atoms with Gasteiger partial charge in [-0.1, -0.05) is 0 Å². The molecule has 4 aliphatic rings. The second-order valence-electron chi connectivity index (χ2n) is 12.6. The van der Waals surface area contributed by atoms with E-state index < -0.39 is 87.3 Å². The number of nitrogens with one attached hydrogen (secondary N) is 2. The van der Waals surface area contributed by atoms with Crippen LogP contribution in [0.25, 0.3) is 0 Å². The van der Waals surface area contributed by atoms with Gasteiger partial charge in [0, 0.05) is 11.1 Å². The Morgan fingerprint density at radius 1 is 0.735 bits per heavy atom. The summed E-state index contributed by atoms with van der Waals surface area (Å²) in [6.45, 7) is -2.29. The number of hydrogen-bond acceptors (Lipinski definition) is 8. The fourth-order valence-electron chi connectivity index (χ4n) is 7.06. The predicted octanol–water partition coefficient (Wildman–Crippen LogP) is 7.59. The molecule has 2 aromatic rings. The van der Waals surface area contributed by atoms with Crippen molar-refractivity contribution in [3.05, 3.63) is 59.7 Å². The minimum Gasteiger partial charge on any atom is -0.487 e. The van der Waals surface area contributed by atoms with Crippen molar-refractivity contribution in [1.82, 2.24) is 0 Å². The van der Waals surface area contributed by atoms with Crippen molar-refractivity contribution >= 4 is 21.5 Å². The summed E-state index contributed by atoms with van der Waals surface area (Å²) in [5, 5.41) is 9.23. The molecule has 2 unspecified atom stereocenters. The summed E-state index contributed by atoms with van der Waals surface area (Å²) in [5.74, 6) is 0.311. The third kappa shape index (κ3) is 8.33. The Bertz CT molecular complexity index is 1600. The fourth-order valence-corrected chi connectivity index (χ4v) is 7.95. The van der Waals surface area contributed by atoms with Gasteiger partial charge in [-0.2, -0.15) is 43.5 Å². The van der Waals surface area contributed by atoms with Gasteiger partial charge in [0.25, 0.3) is 6.29 Å². The van der Waals surface area contributed by atoms with E-state index in [1.807, 2.05) is 0 Å². The first-order chi connectivity index (χ1) is 22.7. The van der Waals surface area contributed by atoms with E-state index in [1.54, 1.807) is 0 Å². The molecule has 4 saturated carbocycles. The summed E-state index contributed by atoms with van der Waals surface area (Å²) < 4.78 is 169. The third-order valence-corrected chi connectivity index (χ3v) is 10.3. The fraction of sp³-hybridized carbons (Fsp3) is 0.548. The van der Waals surface area contributed by atoms with Gasteiger partial charge >= 0.3 is 27.7 Å². The molecule has 4 fully saturated rings. The summed E-state index contributed by atoms with van der Waals surface area (Å²) in [7, 11) is -6.17. The lowest BCUT2D eigenvalue weighted by Crippen LogP contribution is -2.53. The highest BCUT2D eigenvalue weighted by molar-refractivity contribution is 7.87. The van der Waals surface area contributed by atoms with Crippen LogP contribution in [0.15, 0.2) is 48.5 Å². The van der Waals surface area contributed by atoms with Gasteiger partial charge in [0.2, 0.25) is 6.17 Å². The summed E-state index contributed by atoms with van der Waals surface area (Å²) in [4.78, 5) is 0. The van der Waals surface area contributed by atoms with Gasteiger partial charge in [-0.25, -0.2) is 8.57 Å². The molecule has 0 radical (unpaired) electrons. The first kappa shape index (κ1) is 36.9. The van der Waals surface area contributed by atoms with Crippen LogP contribution in [-0.2, 0) is 19.0 Å². The van der Waals surface area contributed by atoms with Crippen LogP contribution in [0.2, 0.25) is 0 Å². The average molecular weight is 731 g/mol. The van der Waals surface area contributed by atoms with Crippen LogP contribution in [-0.4, -0.2) is 68.7 Å². The van der Waals surface area contributed by atoms with Gasteiger partial charge in [0.1, 0.15) is 22.9 Å². The predicted molar refractivity (Wildman–Crippen MR) is 155 cm³/mol. The van der Waals surface area contributed by atoms with Crippen molar-refractivity contribution in [1.29, 1.82) is 10.8 Å². The number of rotatable bonds is 14. The molecular weight excluding hydrogens is 699 g/mol. The molecule has 8 nitrogen and oxygen atoms in total. The van der Waals surface area contributed by atoms with Gasteiger partial charge in [-0.05, 0) is 105 Å². The van der Waals surface area contributed by atoms with Crippen LogP contribution in [0.5, 0.6) is 11.5 Å². The highest BCUT2D eigenvalue weighted by atomic mass is 32.2. The van der Waals surface area contributed by atoms with E-state index in [0.29, 0.717) is 37.0 Å². The lowest BCUT2D eigenvalue weighted by Gasteiger charge is -2.56. The second kappa shape index (κ2) is 13.4. The number of benzene rings is 2. The Balaban J connectivity index is 1.29. The minimum absolute atomic E-state index is 0.249. The molecule has 2 aromatic carbocycles. The van der Waals surface area contributed by atoms with Crippen LogP contribution in [0, 0.1) is 28.6 Å². The van der Waals surface area contributed by atoms with Crippen LogP contribution >= 0.6 is 0 Å². The summed E-state index contributed by atoms with van der Waals surface area (Å²) >= 11 is 0. The molecular formula is C31H31F9N2O6S. The standard InChI is InChI=1S/C31H31F9N2O6S/c32-24(15-46-28-12-17-9-18(13-28)11-19(10-17)14-28)31(39,40)49(43,44)48-25(47-23-7-3-21(4-8-23)27(42)30(36,37)38)16-45-22-5-1-20(2-6-22)26(41)29(33,34)35/h1-8,17-19,24-25,41-42H,9-16H2. The molecule has 270 valence electrons. The molecule has 18 heteroatoms. The zero-order chi connectivity index (χ0) is 36.0. The lowest BCUT2D eigenvalue weighted by atomic mass is 9.54. The van der Waals surface area contributed by atoms with Crippen molar-refractivity contribution < 1.29 is 66.3 Å². The van der Waals surface area contributed by atoms with Gasteiger partial charge in [-0.3, -0.25) is 10.8 Å². The van der Waals surface area contributed by atoms with Crippen LogP contribution in [0.4, 0.5) is 39.5 Å². The second-order valence-corrected chi connectivity index (χ2v) is 14.3. The maximum atomic E-state index is 15.2. The van der Waals surface area contributed by atoms with E-state index >= 15 is 13.2 Å². The molecule has 4 bridgehead atoms. The SMILES string of the molecule is N=C(c1ccc(OCC(Oc2ccc(C(=N)C(F)(F)F)cc2)OS(=O)(=O)C(F)(F)C(F)COC23CC4CC(CC(C4)C2)C3)cc1)C(F)(F)F. The smallest absolute Gasteiger partial charge is 0.433 e. The van der Waals surface area contributed by atoms with Gasteiger partial charge in [-0.15, -0.1) is 0 Å². The van der Waals surface area contributed by atoms with E-state index in [1.165, 1.54) is 0 Å². The molecule has 0 heterocycles. The van der Waals surface area contributed by atoms with Crippen molar-refractivity contribution in [3.8, 4) is 11.5 Å². The van der Waals surface area contributed by atoms with Gasteiger partial charge in [0.05, 0.1) is 12.2 Å². The molecule has 0 amide bonds. The average Bonchev–Trinajstić information content (AvgIpc) is 3.00. The van der Waals surface area contributed by atoms with E-state index in [0.717, 1.165) is 67.8 Å². The van der Waals surface area contributed by atoms with Crippen LogP contribution in [0.1, 0.15) is 49.7 Å². The zero-order valence-corrected chi connectivity index (χ0v) is 26.2. The van der Waals surface area contributed by atoms with Crippen LogP contribution in [0.3, 0.4) is 0 Å². The van der Waals surface area contributed by atoms with E-state index in [2.05, 4.69) is 4.18 Å². The Kier molecular flexibility index (Phi) is 10.1. The highest BCUT2D eigenvalue weighted by Gasteiger charge is 2.58. The van der Waals surface area contributed by atoms with E-state index in [4.69, 9.17) is 25.0 Å². The Hall–Kier alpha value is -3.38. The maximum absolute atomic E-state index is 15.2. The normalized spacial score (nSPS) is 25.1. The zero-order valence-electron chi connectivity index (χ0n) is 25.4. The first-order valence-corrected chi connectivity index (χ1v) is 16.5. The largest absolute Gasteiger partial charge is 0.487 e. The molecule has 0 saturated heterocycles. The summed E-state index contributed by atoms with van der Waals surface area (Å²) in [5.41, 5.74) is -5.38. The molecule has 2 atom stereocenters. The van der Waals surface area contributed by atoms with Crippen molar-refractivity contribution in [3.63, 3.8) is 0 Å². The van der Waals surface area contributed by atoms with Crippen LogP contribution < -0.4 is 9.47 Å². The Morgan fingerprint density at radius 2 is 1.16 bits per heavy atom. The number of ether oxygens (including phenoxy) is 3. The summed E-state index contributed by atoms with van der Waals surface area (Å²) in [6, 6.07) is 6.85. The van der Waals surface area contributed by atoms with E-state index in [-0.39, 0.29) is 5.75 Å². The maximum Gasteiger partial charge on any atom is 0.433 e. The van der Waals surface area contributed by atoms with Crippen molar-refractivity contribution in [2.45, 2.75) is 74.2 Å². The lowest BCUT2D eigenvalue weighted by molar-refractivity contribution is -0.181. The topological polar surface area (TPSA) is 119 Å². The summed E-state index contributed by atoms with van der Waals surface area (Å²) in [6.07, 6.45) is -11.0. The number of alkyl halides is 9. The third-order valence-electron chi connectivity index (χ3n) is 8.96. The van der Waals surface area contributed by atoms with Gasteiger partial charge < -0.3 is 14.2 Å². The molecule has 4 aliphatic carbocycles. The molecule has 0 spiro atoms. The molecule has 49 heavy (non-hydrogen) atoms.